The highest BCUT2D eigenvalue weighted by Gasteiger charge is 2.44. The zero-order valence-corrected chi connectivity index (χ0v) is 12.7. The summed E-state index contributed by atoms with van der Waals surface area (Å²) in [5.41, 5.74) is 1.15. The topological polar surface area (TPSA) is 69.6 Å². The van der Waals surface area contributed by atoms with Gasteiger partial charge in [-0.05, 0) is 47.1 Å². The van der Waals surface area contributed by atoms with Gasteiger partial charge in [-0.15, -0.1) is 0 Å². The highest BCUT2D eigenvalue weighted by Crippen LogP contribution is 2.39. The zero-order valence-electron chi connectivity index (χ0n) is 11.9. The summed E-state index contributed by atoms with van der Waals surface area (Å²) < 4.78 is 0. The van der Waals surface area contributed by atoms with Crippen LogP contribution in [-0.2, 0) is 16.0 Å². The SMILES string of the molecule is O=C(O)[C@@H]1CC2(CCN(C(=O)Cc3ccsc3)CC2)CN1. The number of carboxylic acid groups (broad SMARTS) is 1. The van der Waals surface area contributed by atoms with E-state index in [0.717, 1.165) is 38.0 Å². The highest BCUT2D eigenvalue weighted by molar-refractivity contribution is 7.07. The van der Waals surface area contributed by atoms with Gasteiger partial charge in [0.25, 0.3) is 0 Å². The lowest BCUT2D eigenvalue weighted by atomic mass is 9.76. The van der Waals surface area contributed by atoms with E-state index in [4.69, 9.17) is 5.11 Å². The van der Waals surface area contributed by atoms with Gasteiger partial charge in [0.1, 0.15) is 6.04 Å². The Labute approximate surface area is 128 Å². The molecule has 0 aromatic carbocycles. The van der Waals surface area contributed by atoms with Crippen LogP contribution in [0.2, 0.25) is 0 Å². The number of piperidine rings is 1. The van der Waals surface area contributed by atoms with E-state index in [2.05, 4.69) is 5.32 Å². The molecule has 6 heteroatoms. The molecule has 0 saturated carbocycles. The summed E-state index contributed by atoms with van der Waals surface area (Å²) in [6.07, 6.45) is 2.97. The summed E-state index contributed by atoms with van der Waals surface area (Å²) in [4.78, 5) is 25.2. The molecule has 1 amide bonds. The summed E-state index contributed by atoms with van der Waals surface area (Å²) in [5.74, 6) is -0.577. The number of carboxylic acids is 1. The third kappa shape index (κ3) is 3.11. The van der Waals surface area contributed by atoms with Gasteiger partial charge in [0.15, 0.2) is 0 Å². The third-order valence-corrected chi connectivity index (χ3v) is 5.50. The summed E-state index contributed by atoms with van der Waals surface area (Å²) >= 11 is 1.61. The Morgan fingerprint density at radius 2 is 2.19 bits per heavy atom. The lowest BCUT2D eigenvalue weighted by Gasteiger charge is -2.39. The van der Waals surface area contributed by atoms with Crippen molar-refractivity contribution in [3.8, 4) is 0 Å². The number of nitrogens with zero attached hydrogens (tertiary/aromatic N) is 1. The Balaban J connectivity index is 1.53. The van der Waals surface area contributed by atoms with Crippen molar-refractivity contribution in [2.24, 2.45) is 5.41 Å². The van der Waals surface area contributed by atoms with E-state index in [0.29, 0.717) is 12.8 Å². The molecule has 114 valence electrons. The molecular formula is C15H20N2O3S. The summed E-state index contributed by atoms with van der Waals surface area (Å²) in [7, 11) is 0. The molecule has 21 heavy (non-hydrogen) atoms. The standard InChI is InChI=1S/C15H20N2O3S/c18-13(7-11-1-6-21-9-11)17-4-2-15(3-5-17)8-12(14(19)20)16-10-15/h1,6,9,12,16H,2-5,7-8,10H2,(H,19,20)/t12-/m0/s1. The van der Waals surface area contributed by atoms with Gasteiger partial charge in [-0.1, -0.05) is 0 Å². The first-order chi connectivity index (χ1) is 10.1. The monoisotopic (exact) mass is 308 g/mol. The van der Waals surface area contributed by atoms with Crippen LogP contribution in [0.5, 0.6) is 0 Å². The number of thiophene rings is 1. The van der Waals surface area contributed by atoms with Crippen LogP contribution >= 0.6 is 11.3 Å². The van der Waals surface area contributed by atoms with Crippen LogP contribution in [0.1, 0.15) is 24.8 Å². The molecule has 2 N–H and O–H groups in total. The second-order valence-corrected chi connectivity index (χ2v) is 6.95. The van der Waals surface area contributed by atoms with Gasteiger partial charge >= 0.3 is 5.97 Å². The van der Waals surface area contributed by atoms with Crippen LogP contribution < -0.4 is 5.32 Å². The minimum Gasteiger partial charge on any atom is -0.480 e. The minimum absolute atomic E-state index is 0.0716. The van der Waals surface area contributed by atoms with Crippen LogP contribution in [0.25, 0.3) is 0 Å². The molecule has 1 spiro atoms. The largest absolute Gasteiger partial charge is 0.480 e. The van der Waals surface area contributed by atoms with Crippen molar-refractivity contribution in [3.05, 3.63) is 22.4 Å². The maximum atomic E-state index is 12.3. The van der Waals surface area contributed by atoms with E-state index in [1.165, 1.54) is 0 Å². The van der Waals surface area contributed by atoms with Crippen LogP contribution in [0.15, 0.2) is 16.8 Å². The molecule has 2 fully saturated rings. The summed E-state index contributed by atoms with van der Waals surface area (Å²) in [6, 6.07) is 1.57. The number of hydrogen-bond acceptors (Lipinski definition) is 4. The van der Waals surface area contributed by atoms with Crippen LogP contribution in [0.3, 0.4) is 0 Å². The lowest BCUT2D eigenvalue weighted by Crippen LogP contribution is -2.44. The average Bonchev–Trinajstić information content (AvgIpc) is 3.10. The minimum atomic E-state index is -0.761. The molecule has 2 aliphatic rings. The van der Waals surface area contributed by atoms with Crippen molar-refractivity contribution in [1.82, 2.24) is 10.2 Å². The van der Waals surface area contributed by atoms with Crippen molar-refractivity contribution in [2.75, 3.05) is 19.6 Å². The van der Waals surface area contributed by atoms with E-state index < -0.39 is 12.0 Å². The van der Waals surface area contributed by atoms with Crippen molar-refractivity contribution < 1.29 is 14.7 Å². The number of amides is 1. The van der Waals surface area contributed by atoms with Crippen LogP contribution in [-0.4, -0.2) is 47.6 Å². The smallest absolute Gasteiger partial charge is 0.320 e. The van der Waals surface area contributed by atoms with Crippen LogP contribution in [0, 0.1) is 5.41 Å². The molecule has 2 aliphatic heterocycles. The predicted octanol–water partition coefficient (Wildman–Crippen LogP) is 1.35. The molecular weight excluding hydrogens is 288 g/mol. The Morgan fingerprint density at radius 1 is 1.43 bits per heavy atom. The Bertz CT molecular complexity index is 521. The number of aliphatic carboxylic acids is 1. The fourth-order valence-corrected chi connectivity index (χ4v) is 4.05. The van der Waals surface area contributed by atoms with E-state index in [9.17, 15) is 9.59 Å². The van der Waals surface area contributed by atoms with Crippen molar-refractivity contribution in [1.29, 1.82) is 0 Å². The normalized spacial score (nSPS) is 24.4. The predicted molar refractivity (Wildman–Crippen MR) is 80.3 cm³/mol. The molecule has 1 aromatic heterocycles. The number of hydrogen-bond donors (Lipinski definition) is 2. The molecule has 0 unspecified atom stereocenters. The van der Waals surface area contributed by atoms with E-state index in [1.54, 1.807) is 11.3 Å². The molecule has 2 saturated heterocycles. The first-order valence-corrected chi connectivity index (χ1v) is 8.27. The molecule has 0 bridgehead atoms. The van der Waals surface area contributed by atoms with E-state index in [1.807, 2.05) is 21.7 Å². The van der Waals surface area contributed by atoms with Gasteiger partial charge in [0, 0.05) is 19.6 Å². The molecule has 5 nitrogen and oxygen atoms in total. The Morgan fingerprint density at radius 3 is 2.76 bits per heavy atom. The fraction of sp³-hybridized carbons (Fsp3) is 0.600. The van der Waals surface area contributed by atoms with Crippen LogP contribution in [0.4, 0.5) is 0 Å². The molecule has 0 aliphatic carbocycles. The Kier molecular flexibility index (Phi) is 3.99. The second-order valence-electron chi connectivity index (χ2n) is 6.17. The number of carbonyl (C=O) groups excluding carboxylic acids is 1. The van der Waals surface area contributed by atoms with Gasteiger partial charge < -0.3 is 15.3 Å². The van der Waals surface area contributed by atoms with Gasteiger partial charge in [0.05, 0.1) is 6.42 Å². The summed E-state index contributed by atoms with van der Waals surface area (Å²) in [6.45, 7) is 2.25. The maximum Gasteiger partial charge on any atom is 0.320 e. The fourth-order valence-electron chi connectivity index (χ4n) is 3.38. The van der Waals surface area contributed by atoms with Gasteiger partial charge in [-0.3, -0.25) is 9.59 Å². The number of nitrogens with one attached hydrogen (secondary N) is 1. The summed E-state index contributed by atoms with van der Waals surface area (Å²) in [5, 5.41) is 16.2. The lowest BCUT2D eigenvalue weighted by molar-refractivity contribution is -0.139. The highest BCUT2D eigenvalue weighted by atomic mass is 32.1. The van der Waals surface area contributed by atoms with Crippen molar-refractivity contribution >= 4 is 23.2 Å². The van der Waals surface area contributed by atoms with Gasteiger partial charge in [0.2, 0.25) is 5.91 Å². The number of carbonyl (C=O) groups is 2. The first kappa shape index (κ1) is 14.5. The van der Waals surface area contributed by atoms with Gasteiger partial charge in [-0.2, -0.15) is 11.3 Å². The van der Waals surface area contributed by atoms with E-state index >= 15 is 0 Å². The molecule has 3 heterocycles. The van der Waals surface area contributed by atoms with E-state index in [-0.39, 0.29) is 11.3 Å². The quantitative estimate of drug-likeness (QED) is 0.884. The Hall–Kier alpha value is -1.40. The molecule has 0 radical (unpaired) electrons. The zero-order chi connectivity index (χ0) is 14.9. The number of rotatable bonds is 3. The number of likely N-dealkylation sites (tertiary alicyclic amines) is 1. The maximum absolute atomic E-state index is 12.3. The average molecular weight is 308 g/mol. The molecule has 3 rings (SSSR count). The molecule has 1 aromatic rings. The first-order valence-electron chi connectivity index (χ1n) is 7.33. The van der Waals surface area contributed by atoms with Gasteiger partial charge in [-0.25, -0.2) is 0 Å². The molecule has 1 atom stereocenters. The second kappa shape index (κ2) is 5.77. The van der Waals surface area contributed by atoms with Crippen molar-refractivity contribution in [3.63, 3.8) is 0 Å². The third-order valence-electron chi connectivity index (χ3n) is 4.77. The van der Waals surface area contributed by atoms with Crippen molar-refractivity contribution in [2.45, 2.75) is 31.7 Å².